The molecule has 0 unspecified atom stereocenters. The molecule has 1 fully saturated rings. The monoisotopic (exact) mass is 256 g/mol. The van der Waals surface area contributed by atoms with Gasteiger partial charge in [0.2, 0.25) is 0 Å². The minimum Gasteiger partial charge on any atom is -0.480 e. The zero-order valence-electron chi connectivity index (χ0n) is 10.1. The third kappa shape index (κ3) is 2.03. The number of carboxylic acid groups (broad SMARTS) is 1. The SMILES string of the molecule is O=C(NC1(C(=O)O)CC1)c1ccc2ncccc2c1. The predicted octanol–water partition coefficient (Wildman–Crippen LogP) is 1.58. The van der Waals surface area contributed by atoms with Crippen molar-refractivity contribution in [3.8, 4) is 0 Å². The molecule has 2 aromatic rings. The number of aliphatic carboxylic acids is 1. The normalized spacial score (nSPS) is 16.0. The maximum atomic E-state index is 12.1. The molecule has 3 rings (SSSR count). The second-order valence-electron chi connectivity index (χ2n) is 4.75. The van der Waals surface area contributed by atoms with E-state index < -0.39 is 11.5 Å². The highest BCUT2D eigenvalue weighted by molar-refractivity contribution is 6.01. The fourth-order valence-electron chi connectivity index (χ4n) is 2.02. The molecule has 5 nitrogen and oxygen atoms in total. The van der Waals surface area contributed by atoms with Gasteiger partial charge in [0.1, 0.15) is 5.54 Å². The molecule has 5 heteroatoms. The summed E-state index contributed by atoms with van der Waals surface area (Å²) in [5.41, 5.74) is 0.201. The molecule has 0 atom stereocenters. The summed E-state index contributed by atoms with van der Waals surface area (Å²) >= 11 is 0. The van der Waals surface area contributed by atoms with E-state index in [1.165, 1.54) is 0 Å². The van der Waals surface area contributed by atoms with Gasteiger partial charge in [0.15, 0.2) is 0 Å². The Morgan fingerprint density at radius 2 is 2.05 bits per heavy atom. The van der Waals surface area contributed by atoms with Gasteiger partial charge in [-0.05, 0) is 37.1 Å². The molecule has 0 radical (unpaired) electrons. The number of carbonyl (C=O) groups is 2. The van der Waals surface area contributed by atoms with Gasteiger partial charge in [0.05, 0.1) is 5.52 Å². The third-order valence-corrected chi connectivity index (χ3v) is 3.38. The highest BCUT2D eigenvalue weighted by Crippen LogP contribution is 2.35. The van der Waals surface area contributed by atoms with E-state index in [2.05, 4.69) is 10.3 Å². The van der Waals surface area contributed by atoms with Crippen LogP contribution in [0, 0.1) is 0 Å². The Morgan fingerprint density at radius 3 is 2.74 bits per heavy atom. The number of hydrogen-bond donors (Lipinski definition) is 2. The zero-order chi connectivity index (χ0) is 13.5. The molecule has 2 N–H and O–H groups in total. The minimum absolute atomic E-state index is 0.356. The summed E-state index contributed by atoms with van der Waals surface area (Å²) in [5.74, 6) is -1.33. The Labute approximate surface area is 109 Å². The first-order chi connectivity index (χ1) is 9.11. The zero-order valence-corrected chi connectivity index (χ0v) is 10.1. The molecule has 1 aromatic heterocycles. The van der Waals surface area contributed by atoms with Crippen LogP contribution in [0.4, 0.5) is 0 Å². The van der Waals surface area contributed by atoms with Crippen LogP contribution in [0.2, 0.25) is 0 Å². The van der Waals surface area contributed by atoms with Gasteiger partial charge in [-0.15, -0.1) is 0 Å². The number of nitrogens with zero attached hydrogens (tertiary/aromatic N) is 1. The lowest BCUT2D eigenvalue weighted by atomic mass is 10.1. The van der Waals surface area contributed by atoms with E-state index in [-0.39, 0.29) is 5.91 Å². The summed E-state index contributed by atoms with van der Waals surface area (Å²) < 4.78 is 0. The average molecular weight is 256 g/mol. The van der Waals surface area contributed by atoms with Crippen LogP contribution in [-0.4, -0.2) is 27.5 Å². The smallest absolute Gasteiger partial charge is 0.329 e. The van der Waals surface area contributed by atoms with Gasteiger partial charge in [-0.2, -0.15) is 0 Å². The van der Waals surface area contributed by atoms with Gasteiger partial charge in [-0.1, -0.05) is 6.07 Å². The Bertz CT molecular complexity index is 677. The van der Waals surface area contributed by atoms with Crippen molar-refractivity contribution in [3.05, 3.63) is 42.1 Å². The number of benzene rings is 1. The molecule has 0 aliphatic heterocycles. The molecule has 19 heavy (non-hydrogen) atoms. The summed E-state index contributed by atoms with van der Waals surface area (Å²) in [4.78, 5) is 27.3. The predicted molar refractivity (Wildman–Crippen MR) is 68.8 cm³/mol. The van der Waals surface area contributed by atoms with E-state index in [0.29, 0.717) is 18.4 Å². The standard InChI is InChI=1S/C14H12N2O3/c17-12(16-14(5-6-14)13(18)19)10-3-4-11-9(8-10)2-1-7-15-11/h1-4,7-8H,5-6H2,(H,16,17)(H,18,19). The number of fused-ring (bicyclic) bond motifs is 1. The molecule has 1 aromatic carbocycles. The lowest BCUT2D eigenvalue weighted by Crippen LogP contribution is -2.43. The molecule has 0 bridgehead atoms. The number of pyridine rings is 1. The number of aromatic nitrogens is 1. The van der Waals surface area contributed by atoms with Crippen molar-refractivity contribution in [3.63, 3.8) is 0 Å². The Hall–Kier alpha value is -2.43. The maximum absolute atomic E-state index is 12.1. The number of hydrogen-bond acceptors (Lipinski definition) is 3. The Morgan fingerprint density at radius 1 is 1.26 bits per heavy atom. The molecule has 1 heterocycles. The van der Waals surface area contributed by atoms with E-state index >= 15 is 0 Å². The minimum atomic E-state index is -1.05. The first kappa shape index (κ1) is 11.6. The largest absolute Gasteiger partial charge is 0.480 e. The van der Waals surface area contributed by atoms with Crippen LogP contribution in [0.25, 0.3) is 10.9 Å². The lowest BCUT2D eigenvalue weighted by Gasteiger charge is -2.12. The van der Waals surface area contributed by atoms with Gasteiger partial charge in [0.25, 0.3) is 5.91 Å². The highest BCUT2D eigenvalue weighted by Gasteiger charge is 2.51. The molecule has 96 valence electrons. The van der Waals surface area contributed by atoms with Crippen LogP contribution in [0.3, 0.4) is 0 Å². The van der Waals surface area contributed by atoms with E-state index in [1.807, 2.05) is 6.07 Å². The number of carbonyl (C=O) groups excluding carboxylic acids is 1. The third-order valence-electron chi connectivity index (χ3n) is 3.38. The second kappa shape index (κ2) is 4.05. The quantitative estimate of drug-likeness (QED) is 0.873. The van der Waals surface area contributed by atoms with Crippen LogP contribution in [0.1, 0.15) is 23.2 Å². The van der Waals surface area contributed by atoms with Crippen molar-refractivity contribution < 1.29 is 14.7 Å². The first-order valence-corrected chi connectivity index (χ1v) is 6.01. The summed E-state index contributed by atoms with van der Waals surface area (Å²) in [5, 5.41) is 12.5. The molecular formula is C14H12N2O3. The first-order valence-electron chi connectivity index (χ1n) is 6.01. The summed E-state index contributed by atoms with van der Waals surface area (Å²) in [6.45, 7) is 0. The molecule has 1 saturated carbocycles. The van der Waals surface area contributed by atoms with Crippen molar-refractivity contribution in [2.45, 2.75) is 18.4 Å². The van der Waals surface area contributed by atoms with Gasteiger partial charge in [-0.3, -0.25) is 9.78 Å². The highest BCUT2D eigenvalue weighted by atomic mass is 16.4. The lowest BCUT2D eigenvalue weighted by molar-refractivity contribution is -0.140. The topological polar surface area (TPSA) is 79.3 Å². The fraction of sp³-hybridized carbons (Fsp3) is 0.214. The van der Waals surface area contributed by atoms with Gasteiger partial charge in [0, 0.05) is 17.1 Å². The molecular weight excluding hydrogens is 244 g/mol. The molecule has 1 aliphatic rings. The van der Waals surface area contributed by atoms with Crippen molar-refractivity contribution in [2.75, 3.05) is 0 Å². The average Bonchev–Trinajstić information content (AvgIpc) is 3.19. The Balaban J connectivity index is 1.88. The van der Waals surface area contributed by atoms with Crippen molar-refractivity contribution in [2.24, 2.45) is 0 Å². The molecule has 1 aliphatic carbocycles. The Kier molecular flexibility index (Phi) is 2.48. The van der Waals surface area contributed by atoms with Gasteiger partial charge < -0.3 is 10.4 Å². The number of amides is 1. The van der Waals surface area contributed by atoms with E-state index in [1.54, 1.807) is 30.5 Å². The number of carboxylic acids is 1. The number of nitrogens with one attached hydrogen (secondary N) is 1. The van der Waals surface area contributed by atoms with Crippen LogP contribution in [0.5, 0.6) is 0 Å². The summed E-state index contributed by atoms with van der Waals surface area (Å²) in [6, 6.07) is 8.79. The van der Waals surface area contributed by atoms with Crippen LogP contribution >= 0.6 is 0 Å². The van der Waals surface area contributed by atoms with Crippen molar-refractivity contribution in [1.82, 2.24) is 10.3 Å². The van der Waals surface area contributed by atoms with Crippen molar-refractivity contribution >= 4 is 22.8 Å². The van der Waals surface area contributed by atoms with Gasteiger partial charge >= 0.3 is 5.97 Å². The van der Waals surface area contributed by atoms with E-state index in [0.717, 1.165) is 10.9 Å². The van der Waals surface area contributed by atoms with Crippen molar-refractivity contribution in [1.29, 1.82) is 0 Å². The fourth-order valence-corrected chi connectivity index (χ4v) is 2.02. The van der Waals surface area contributed by atoms with Crippen LogP contribution < -0.4 is 5.32 Å². The van der Waals surface area contributed by atoms with E-state index in [4.69, 9.17) is 5.11 Å². The van der Waals surface area contributed by atoms with E-state index in [9.17, 15) is 9.59 Å². The number of rotatable bonds is 3. The summed E-state index contributed by atoms with van der Waals surface area (Å²) in [7, 11) is 0. The summed E-state index contributed by atoms with van der Waals surface area (Å²) in [6.07, 6.45) is 2.66. The molecule has 0 saturated heterocycles. The van der Waals surface area contributed by atoms with Gasteiger partial charge in [-0.25, -0.2) is 4.79 Å². The maximum Gasteiger partial charge on any atom is 0.329 e. The van der Waals surface area contributed by atoms with Crippen LogP contribution in [-0.2, 0) is 4.79 Å². The molecule has 1 amide bonds. The molecule has 0 spiro atoms. The second-order valence-corrected chi connectivity index (χ2v) is 4.75. The van der Waals surface area contributed by atoms with Crippen LogP contribution in [0.15, 0.2) is 36.5 Å².